The lowest BCUT2D eigenvalue weighted by Gasteiger charge is -2.42. The second-order valence-electron chi connectivity index (χ2n) is 6.86. The van der Waals surface area contributed by atoms with Gasteiger partial charge in [0.15, 0.2) is 0 Å². The van der Waals surface area contributed by atoms with Crippen molar-refractivity contribution in [3.8, 4) is 0 Å². The fourth-order valence-electron chi connectivity index (χ4n) is 3.70. The van der Waals surface area contributed by atoms with E-state index in [1.54, 1.807) is 0 Å². The first kappa shape index (κ1) is 14.8. The van der Waals surface area contributed by atoms with Crippen molar-refractivity contribution in [2.24, 2.45) is 17.1 Å². The molecule has 1 unspecified atom stereocenters. The molecule has 110 valence electrons. The molecule has 1 aliphatic heterocycles. The summed E-state index contributed by atoms with van der Waals surface area (Å²) in [4.78, 5) is 15.2. The van der Waals surface area contributed by atoms with E-state index in [1.807, 2.05) is 0 Å². The van der Waals surface area contributed by atoms with Gasteiger partial charge in [-0.1, -0.05) is 19.8 Å². The standard InChI is InChI=1S/C16H30N2O/c1-13-7-9-16(12-17,10-8-13)15(19)18-11-5-3-4-6-14(18)2/h13-14H,3-12,17H2,1-2H3. The molecule has 0 aromatic carbocycles. The van der Waals surface area contributed by atoms with Crippen LogP contribution in [0, 0.1) is 11.3 Å². The van der Waals surface area contributed by atoms with E-state index in [1.165, 1.54) is 12.8 Å². The average molecular weight is 266 g/mol. The lowest BCUT2D eigenvalue weighted by molar-refractivity contribution is -0.146. The maximum absolute atomic E-state index is 13.0. The Labute approximate surface area is 117 Å². The number of carbonyl (C=O) groups is 1. The van der Waals surface area contributed by atoms with Crippen molar-refractivity contribution in [1.29, 1.82) is 0 Å². The summed E-state index contributed by atoms with van der Waals surface area (Å²) in [6.07, 6.45) is 9.14. The Bertz CT molecular complexity index is 308. The molecule has 0 radical (unpaired) electrons. The van der Waals surface area contributed by atoms with Crippen LogP contribution in [0.4, 0.5) is 0 Å². The third-order valence-electron chi connectivity index (χ3n) is 5.39. The molecule has 1 heterocycles. The van der Waals surface area contributed by atoms with Gasteiger partial charge >= 0.3 is 0 Å². The highest BCUT2D eigenvalue weighted by Crippen LogP contribution is 2.40. The Hall–Kier alpha value is -0.570. The quantitative estimate of drug-likeness (QED) is 0.835. The SMILES string of the molecule is CC1CCC(CN)(C(=O)N2CCCCCC2C)CC1. The minimum absolute atomic E-state index is 0.245. The van der Waals surface area contributed by atoms with E-state index in [4.69, 9.17) is 5.73 Å². The minimum atomic E-state index is -0.245. The van der Waals surface area contributed by atoms with Gasteiger partial charge in [0.25, 0.3) is 0 Å². The fourth-order valence-corrected chi connectivity index (χ4v) is 3.70. The summed E-state index contributed by atoms with van der Waals surface area (Å²) in [5, 5.41) is 0. The highest BCUT2D eigenvalue weighted by atomic mass is 16.2. The number of hydrogen-bond acceptors (Lipinski definition) is 2. The lowest BCUT2D eigenvalue weighted by atomic mass is 9.69. The molecule has 2 fully saturated rings. The van der Waals surface area contributed by atoms with Crippen LogP contribution in [0.25, 0.3) is 0 Å². The number of rotatable bonds is 2. The van der Waals surface area contributed by atoms with Gasteiger partial charge in [0, 0.05) is 19.1 Å². The van der Waals surface area contributed by atoms with E-state index in [2.05, 4.69) is 18.7 Å². The van der Waals surface area contributed by atoms with Crippen molar-refractivity contribution in [3.05, 3.63) is 0 Å². The predicted molar refractivity (Wildman–Crippen MR) is 78.8 cm³/mol. The van der Waals surface area contributed by atoms with Crippen molar-refractivity contribution < 1.29 is 4.79 Å². The molecule has 0 aromatic heterocycles. The van der Waals surface area contributed by atoms with Gasteiger partial charge in [-0.3, -0.25) is 4.79 Å². The van der Waals surface area contributed by atoms with Crippen molar-refractivity contribution in [3.63, 3.8) is 0 Å². The van der Waals surface area contributed by atoms with Gasteiger partial charge in [0.05, 0.1) is 5.41 Å². The Kier molecular flexibility index (Phi) is 4.88. The van der Waals surface area contributed by atoms with Gasteiger partial charge in [-0.15, -0.1) is 0 Å². The summed E-state index contributed by atoms with van der Waals surface area (Å²) in [6, 6.07) is 0.401. The average Bonchev–Trinajstić information content (AvgIpc) is 2.64. The second kappa shape index (κ2) is 6.25. The molecule has 2 aliphatic rings. The van der Waals surface area contributed by atoms with Gasteiger partial charge in [0.1, 0.15) is 0 Å². The Morgan fingerprint density at radius 3 is 2.47 bits per heavy atom. The van der Waals surface area contributed by atoms with Crippen LogP contribution in [0.15, 0.2) is 0 Å². The molecular weight excluding hydrogens is 236 g/mol. The molecule has 1 saturated heterocycles. The van der Waals surface area contributed by atoms with Crippen molar-refractivity contribution in [1.82, 2.24) is 4.90 Å². The first-order valence-electron chi connectivity index (χ1n) is 8.10. The third kappa shape index (κ3) is 3.13. The number of likely N-dealkylation sites (tertiary alicyclic amines) is 1. The van der Waals surface area contributed by atoms with E-state index >= 15 is 0 Å². The molecule has 1 aliphatic carbocycles. The van der Waals surface area contributed by atoms with E-state index in [0.29, 0.717) is 18.5 Å². The zero-order chi connectivity index (χ0) is 13.9. The van der Waals surface area contributed by atoms with Crippen LogP contribution in [-0.4, -0.2) is 29.9 Å². The zero-order valence-electron chi connectivity index (χ0n) is 12.7. The highest BCUT2D eigenvalue weighted by Gasteiger charge is 2.43. The Balaban J connectivity index is 2.10. The first-order chi connectivity index (χ1) is 9.09. The highest BCUT2D eigenvalue weighted by molar-refractivity contribution is 5.83. The van der Waals surface area contributed by atoms with Crippen LogP contribution >= 0.6 is 0 Å². The molecule has 2 rings (SSSR count). The van der Waals surface area contributed by atoms with Crippen LogP contribution < -0.4 is 5.73 Å². The first-order valence-corrected chi connectivity index (χ1v) is 8.10. The third-order valence-corrected chi connectivity index (χ3v) is 5.39. The maximum atomic E-state index is 13.0. The van der Waals surface area contributed by atoms with E-state index in [0.717, 1.165) is 51.0 Å². The number of carbonyl (C=O) groups excluding carboxylic acids is 1. The summed E-state index contributed by atoms with van der Waals surface area (Å²) >= 11 is 0. The molecule has 19 heavy (non-hydrogen) atoms. The normalized spacial score (nSPS) is 36.9. The minimum Gasteiger partial charge on any atom is -0.339 e. The van der Waals surface area contributed by atoms with Crippen LogP contribution in [0.2, 0.25) is 0 Å². The van der Waals surface area contributed by atoms with Crippen LogP contribution in [0.5, 0.6) is 0 Å². The summed E-state index contributed by atoms with van der Waals surface area (Å²) in [5.74, 6) is 1.12. The molecule has 1 atom stereocenters. The summed E-state index contributed by atoms with van der Waals surface area (Å²) in [6.45, 7) is 5.97. The number of amides is 1. The zero-order valence-corrected chi connectivity index (χ0v) is 12.7. The van der Waals surface area contributed by atoms with Crippen LogP contribution in [0.3, 0.4) is 0 Å². The number of nitrogens with zero attached hydrogens (tertiary/aromatic N) is 1. The molecule has 3 nitrogen and oxygen atoms in total. The van der Waals surface area contributed by atoms with E-state index in [-0.39, 0.29) is 5.41 Å². The largest absolute Gasteiger partial charge is 0.339 e. The van der Waals surface area contributed by atoms with E-state index < -0.39 is 0 Å². The molecule has 0 aromatic rings. The van der Waals surface area contributed by atoms with Crippen molar-refractivity contribution >= 4 is 5.91 Å². The van der Waals surface area contributed by atoms with Gasteiger partial charge < -0.3 is 10.6 Å². The molecule has 0 bridgehead atoms. The van der Waals surface area contributed by atoms with Gasteiger partial charge in [-0.25, -0.2) is 0 Å². The van der Waals surface area contributed by atoms with Gasteiger partial charge in [-0.05, 0) is 51.4 Å². The fraction of sp³-hybridized carbons (Fsp3) is 0.938. The topological polar surface area (TPSA) is 46.3 Å². The molecule has 3 heteroatoms. The van der Waals surface area contributed by atoms with Crippen LogP contribution in [-0.2, 0) is 4.79 Å². The maximum Gasteiger partial charge on any atom is 0.230 e. The molecule has 1 saturated carbocycles. The Morgan fingerprint density at radius 1 is 1.16 bits per heavy atom. The molecule has 0 spiro atoms. The van der Waals surface area contributed by atoms with Gasteiger partial charge in [-0.2, -0.15) is 0 Å². The number of hydrogen-bond donors (Lipinski definition) is 1. The molecule has 1 amide bonds. The lowest BCUT2D eigenvalue weighted by Crippen LogP contribution is -2.52. The summed E-state index contributed by atoms with van der Waals surface area (Å²) in [7, 11) is 0. The van der Waals surface area contributed by atoms with Crippen LogP contribution in [0.1, 0.15) is 65.2 Å². The van der Waals surface area contributed by atoms with E-state index in [9.17, 15) is 4.79 Å². The smallest absolute Gasteiger partial charge is 0.230 e. The van der Waals surface area contributed by atoms with Gasteiger partial charge in [0.2, 0.25) is 5.91 Å². The number of nitrogens with two attached hydrogens (primary N) is 1. The predicted octanol–water partition coefficient (Wildman–Crippen LogP) is 2.93. The molecule has 2 N–H and O–H groups in total. The monoisotopic (exact) mass is 266 g/mol. The van der Waals surface area contributed by atoms with Crippen molar-refractivity contribution in [2.45, 2.75) is 71.3 Å². The second-order valence-corrected chi connectivity index (χ2v) is 6.86. The molecular formula is C16H30N2O. The summed E-state index contributed by atoms with van der Waals surface area (Å²) < 4.78 is 0. The Morgan fingerprint density at radius 2 is 1.84 bits per heavy atom. The van der Waals surface area contributed by atoms with Crippen molar-refractivity contribution in [2.75, 3.05) is 13.1 Å². The summed E-state index contributed by atoms with van der Waals surface area (Å²) in [5.41, 5.74) is 5.78.